The van der Waals surface area contributed by atoms with Gasteiger partial charge in [0.15, 0.2) is 5.69 Å². The Morgan fingerprint density at radius 1 is 1.33 bits per heavy atom. The number of nitrogens with zero attached hydrogens (tertiary/aromatic N) is 5. The summed E-state index contributed by atoms with van der Waals surface area (Å²) in [5, 5.41) is 23.6. The van der Waals surface area contributed by atoms with E-state index in [4.69, 9.17) is 5.11 Å². The van der Waals surface area contributed by atoms with E-state index >= 15 is 0 Å². The molecule has 0 spiro atoms. The molecule has 0 fully saturated rings. The number of fused-ring (bicyclic) bond motifs is 1. The van der Waals surface area contributed by atoms with Crippen LogP contribution in [0.2, 0.25) is 0 Å². The number of aromatic carboxylic acids is 1. The molecule has 4 rings (SSSR count). The van der Waals surface area contributed by atoms with Crippen LogP contribution in [-0.2, 0) is 13.0 Å². The molecule has 0 saturated heterocycles. The zero-order valence-electron chi connectivity index (χ0n) is 14.7. The Hall–Kier alpha value is -3.49. The fourth-order valence-corrected chi connectivity index (χ4v) is 3.20. The Balaban J connectivity index is 1.56. The number of carbonyl (C=O) groups is 2. The van der Waals surface area contributed by atoms with E-state index in [9.17, 15) is 9.59 Å². The lowest BCUT2D eigenvalue weighted by Gasteiger charge is -2.20. The number of benzene rings is 1. The lowest BCUT2D eigenvalue weighted by molar-refractivity contribution is 0.0690. The smallest absolute Gasteiger partial charge is 0.358 e. The molecule has 0 aliphatic carbocycles. The Morgan fingerprint density at radius 3 is 2.96 bits per heavy atom. The number of hydrogen-bond acceptors (Lipinski definition) is 5. The zero-order chi connectivity index (χ0) is 19.0. The molecular weight excluding hydrogens is 348 g/mol. The molecule has 138 valence electrons. The minimum atomic E-state index is -1.15. The summed E-state index contributed by atoms with van der Waals surface area (Å²) in [7, 11) is 0. The van der Waals surface area contributed by atoms with Crippen molar-refractivity contribution in [2.75, 3.05) is 5.32 Å². The molecule has 0 radical (unpaired) electrons. The van der Waals surface area contributed by atoms with Gasteiger partial charge in [-0.05, 0) is 37.0 Å². The first-order valence-electron chi connectivity index (χ1n) is 8.63. The third kappa shape index (κ3) is 3.31. The SMILES string of the molecule is CC1CCn2ncc(C(=O)Nc3cccc(-n4cc(C(=O)O)nn4)c3)c2C1. The Bertz CT molecular complexity index is 1020. The monoisotopic (exact) mass is 366 g/mol. The van der Waals surface area contributed by atoms with E-state index in [2.05, 4.69) is 27.7 Å². The molecule has 1 amide bonds. The van der Waals surface area contributed by atoms with Crippen molar-refractivity contribution in [1.29, 1.82) is 0 Å². The van der Waals surface area contributed by atoms with Crippen LogP contribution in [0.3, 0.4) is 0 Å². The molecule has 1 aliphatic heterocycles. The Morgan fingerprint density at radius 2 is 2.19 bits per heavy atom. The second kappa shape index (κ2) is 6.67. The fraction of sp³-hybridized carbons (Fsp3) is 0.278. The van der Waals surface area contributed by atoms with Gasteiger partial charge in [0.05, 0.1) is 29.3 Å². The van der Waals surface area contributed by atoms with Crippen LogP contribution in [0.1, 0.15) is 39.9 Å². The van der Waals surface area contributed by atoms with E-state index in [1.807, 2.05) is 4.68 Å². The lowest BCUT2D eigenvalue weighted by Crippen LogP contribution is -2.21. The average Bonchev–Trinajstić information content (AvgIpc) is 3.29. The summed E-state index contributed by atoms with van der Waals surface area (Å²) in [4.78, 5) is 23.7. The Labute approximate surface area is 154 Å². The number of carbonyl (C=O) groups excluding carboxylic acids is 1. The number of aromatic nitrogens is 5. The largest absolute Gasteiger partial charge is 0.476 e. The number of aryl methyl sites for hydroxylation is 1. The molecule has 2 N–H and O–H groups in total. The topological polar surface area (TPSA) is 115 Å². The molecule has 9 nitrogen and oxygen atoms in total. The van der Waals surface area contributed by atoms with E-state index in [1.54, 1.807) is 30.5 Å². The van der Waals surface area contributed by atoms with Gasteiger partial charge in [0, 0.05) is 12.2 Å². The highest BCUT2D eigenvalue weighted by Crippen LogP contribution is 2.23. The highest BCUT2D eigenvalue weighted by Gasteiger charge is 2.23. The summed E-state index contributed by atoms with van der Waals surface area (Å²) in [6.07, 6.45) is 4.83. The van der Waals surface area contributed by atoms with Crippen LogP contribution < -0.4 is 5.32 Å². The van der Waals surface area contributed by atoms with Gasteiger partial charge < -0.3 is 10.4 Å². The number of anilines is 1. The van der Waals surface area contributed by atoms with Gasteiger partial charge >= 0.3 is 5.97 Å². The minimum absolute atomic E-state index is 0.148. The molecule has 1 aromatic carbocycles. The van der Waals surface area contributed by atoms with Gasteiger partial charge in [-0.3, -0.25) is 9.48 Å². The number of carboxylic acids is 1. The maximum absolute atomic E-state index is 12.7. The van der Waals surface area contributed by atoms with Crippen LogP contribution >= 0.6 is 0 Å². The summed E-state index contributed by atoms with van der Waals surface area (Å²) in [6, 6.07) is 6.97. The molecule has 1 unspecified atom stereocenters. The molecule has 27 heavy (non-hydrogen) atoms. The van der Waals surface area contributed by atoms with Crippen molar-refractivity contribution in [3.8, 4) is 5.69 Å². The van der Waals surface area contributed by atoms with E-state index in [0.717, 1.165) is 25.1 Å². The third-order valence-electron chi connectivity index (χ3n) is 4.65. The van der Waals surface area contributed by atoms with E-state index in [-0.39, 0.29) is 11.6 Å². The first kappa shape index (κ1) is 17.0. The summed E-state index contributed by atoms with van der Waals surface area (Å²) < 4.78 is 3.25. The van der Waals surface area contributed by atoms with Crippen molar-refractivity contribution >= 4 is 17.6 Å². The highest BCUT2D eigenvalue weighted by atomic mass is 16.4. The number of hydrogen-bond donors (Lipinski definition) is 2. The predicted molar refractivity (Wildman–Crippen MR) is 96.0 cm³/mol. The van der Waals surface area contributed by atoms with Crippen molar-refractivity contribution in [3.63, 3.8) is 0 Å². The van der Waals surface area contributed by atoms with Gasteiger partial charge in [-0.2, -0.15) is 5.10 Å². The van der Waals surface area contributed by atoms with Gasteiger partial charge in [-0.15, -0.1) is 5.10 Å². The van der Waals surface area contributed by atoms with E-state index in [0.29, 0.717) is 22.9 Å². The van der Waals surface area contributed by atoms with Gasteiger partial charge in [0.25, 0.3) is 5.91 Å². The highest BCUT2D eigenvalue weighted by molar-refractivity contribution is 6.05. The number of rotatable bonds is 4. The van der Waals surface area contributed by atoms with Gasteiger partial charge in [0.2, 0.25) is 0 Å². The van der Waals surface area contributed by atoms with Crippen molar-refractivity contribution in [2.45, 2.75) is 26.3 Å². The van der Waals surface area contributed by atoms with Crippen LogP contribution in [-0.4, -0.2) is 41.8 Å². The molecule has 3 aromatic rings. The second-order valence-corrected chi connectivity index (χ2v) is 6.68. The lowest BCUT2D eigenvalue weighted by atomic mass is 9.96. The van der Waals surface area contributed by atoms with Crippen LogP contribution in [0.4, 0.5) is 5.69 Å². The number of amides is 1. The first-order valence-corrected chi connectivity index (χ1v) is 8.63. The standard InChI is InChI=1S/C18H18N6O3/c1-11-5-6-23-16(7-11)14(9-19-23)17(25)20-12-3-2-4-13(8-12)24-10-15(18(26)27)21-22-24/h2-4,8-11H,5-7H2,1H3,(H,20,25)(H,26,27). The zero-order valence-corrected chi connectivity index (χ0v) is 14.7. The quantitative estimate of drug-likeness (QED) is 0.730. The molecule has 0 bridgehead atoms. The number of carboxylic acid groups (broad SMARTS) is 1. The molecule has 1 aliphatic rings. The molecule has 3 heterocycles. The summed E-state index contributed by atoms with van der Waals surface area (Å²) in [6.45, 7) is 3.00. The number of nitrogens with one attached hydrogen (secondary N) is 1. The summed E-state index contributed by atoms with van der Waals surface area (Å²) in [5.74, 6) is -0.835. The average molecular weight is 366 g/mol. The molecule has 9 heteroatoms. The third-order valence-corrected chi connectivity index (χ3v) is 4.65. The van der Waals surface area contributed by atoms with Crippen molar-refractivity contribution in [2.24, 2.45) is 5.92 Å². The van der Waals surface area contributed by atoms with Crippen LogP contribution in [0, 0.1) is 5.92 Å². The molecule has 1 atom stereocenters. The van der Waals surface area contributed by atoms with Gasteiger partial charge in [-0.1, -0.05) is 18.2 Å². The summed E-state index contributed by atoms with van der Waals surface area (Å²) >= 11 is 0. The second-order valence-electron chi connectivity index (χ2n) is 6.68. The van der Waals surface area contributed by atoms with Crippen molar-refractivity contribution in [1.82, 2.24) is 24.8 Å². The van der Waals surface area contributed by atoms with E-state index in [1.165, 1.54) is 10.9 Å². The maximum Gasteiger partial charge on any atom is 0.358 e. The minimum Gasteiger partial charge on any atom is -0.476 e. The normalized spacial score (nSPS) is 16.0. The molecule has 2 aromatic heterocycles. The maximum atomic E-state index is 12.7. The van der Waals surface area contributed by atoms with Crippen LogP contribution in [0.5, 0.6) is 0 Å². The molecule has 0 saturated carbocycles. The first-order chi connectivity index (χ1) is 13.0. The summed E-state index contributed by atoms with van der Waals surface area (Å²) in [5.41, 5.74) is 2.57. The van der Waals surface area contributed by atoms with Gasteiger partial charge in [-0.25, -0.2) is 9.48 Å². The van der Waals surface area contributed by atoms with Crippen molar-refractivity contribution < 1.29 is 14.7 Å². The van der Waals surface area contributed by atoms with Gasteiger partial charge in [0.1, 0.15) is 0 Å². The van der Waals surface area contributed by atoms with Crippen LogP contribution in [0.25, 0.3) is 5.69 Å². The van der Waals surface area contributed by atoms with E-state index < -0.39 is 5.97 Å². The molecular formula is C18H18N6O3. The van der Waals surface area contributed by atoms with Crippen molar-refractivity contribution in [3.05, 3.63) is 53.6 Å². The fourth-order valence-electron chi connectivity index (χ4n) is 3.20. The Kier molecular flexibility index (Phi) is 4.19. The predicted octanol–water partition coefficient (Wildman–Crippen LogP) is 2.00. The van der Waals surface area contributed by atoms with Crippen LogP contribution in [0.15, 0.2) is 36.7 Å².